The number of hydrazone groups is 2. The summed E-state index contributed by atoms with van der Waals surface area (Å²) in [6, 6.07) is 15.4. The van der Waals surface area contributed by atoms with Crippen molar-refractivity contribution in [3.05, 3.63) is 77.2 Å². The van der Waals surface area contributed by atoms with Crippen molar-refractivity contribution in [2.24, 2.45) is 10.2 Å². The Morgan fingerprint density at radius 2 is 1.97 bits per heavy atom. The van der Waals surface area contributed by atoms with Crippen molar-refractivity contribution in [2.45, 2.75) is 19.9 Å². The molecule has 170 valence electrons. The van der Waals surface area contributed by atoms with E-state index in [4.69, 9.17) is 4.42 Å². The molecule has 34 heavy (non-hydrogen) atoms. The van der Waals surface area contributed by atoms with Gasteiger partial charge in [0.25, 0.3) is 5.89 Å². The molecule has 0 amide bonds. The van der Waals surface area contributed by atoms with Crippen molar-refractivity contribution in [1.82, 2.24) is 20.3 Å². The Kier molecular flexibility index (Phi) is 5.57. The number of pyridine rings is 1. The highest BCUT2D eigenvalue weighted by Crippen LogP contribution is 2.27. The van der Waals surface area contributed by atoms with Gasteiger partial charge < -0.3 is 9.73 Å². The van der Waals surface area contributed by atoms with E-state index >= 15 is 0 Å². The van der Waals surface area contributed by atoms with E-state index in [-0.39, 0.29) is 5.89 Å². The van der Waals surface area contributed by atoms with Crippen LogP contribution < -0.4 is 5.32 Å². The second kappa shape index (κ2) is 8.84. The number of aryl methyl sites for hydroxylation is 1. The number of allylic oxidation sites excluding steroid dienone is 1. The van der Waals surface area contributed by atoms with E-state index in [0.29, 0.717) is 12.1 Å². The van der Waals surface area contributed by atoms with Gasteiger partial charge in [0.05, 0.1) is 12.1 Å². The Morgan fingerprint density at radius 1 is 1.09 bits per heavy atom. The summed E-state index contributed by atoms with van der Waals surface area (Å²) in [6.07, 6.45) is -1.07. The summed E-state index contributed by atoms with van der Waals surface area (Å²) in [4.78, 5) is 4.54. The number of alkyl halides is 2. The van der Waals surface area contributed by atoms with Crippen LogP contribution >= 0.6 is 0 Å². The Morgan fingerprint density at radius 3 is 2.74 bits per heavy atom. The molecule has 1 N–H and O–H groups in total. The van der Waals surface area contributed by atoms with Crippen LogP contribution in [-0.4, -0.2) is 38.9 Å². The van der Waals surface area contributed by atoms with E-state index in [1.165, 1.54) is 0 Å². The first kappa shape index (κ1) is 21.4. The van der Waals surface area contributed by atoms with E-state index in [1.807, 2.05) is 56.4 Å². The summed E-state index contributed by atoms with van der Waals surface area (Å²) < 4.78 is 30.6. The van der Waals surface area contributed by atoms with Gasteiger partial charge in [-0.1, -0.05) is 18.2 Å². The predicted molar refractivity (Wildman–Crippen MR) is 125 cm³/mol. The van der Waals surface area contributed by atoms with Crippen LogP contribution in [0.1, 0.15) is 29.0 Å². The van der Waals surface area contributed by atoms with Crippen molar-refractivity contribution in [3.63, 3.8) is 0 Å². The second-order valence-corrected chi connectivity index (χ2v) is 7.64. The fraction of sp³-hybridized carbons (Fsp3) is 0.167. The molecule has 5 rings (SSSR count). The van der Waals surface area contributed by atoms with Gasteiger partial charge in [-0.05, 0) is 48.4 Å². The number of rotatable bonds is 6. The maximum absolute atomic E-state index is 12.7. The van der Waals surface area contributed by atoms with Crippen LogP contribution in [0.2, 0.25) is 0 Å². The van der Waals surface area contributed by atoms with E-state index in [9.17, 15) is 8.78 Å². The summed E-state index contributed by atoms with van der Waals surface area (Å²) in [5.74, 6) is 3.08. The average molecular weight is 459 g/mol. The van der Waals surface area contributed by atoms with Gasteiger partial charge in [-0.25, -0.2) is 4.98 Å². The first-order chi connectivity index (χ1) is 16.5. The van der Waals surface area contributed by atoms with Crippen LogP contribution in [0.5, 0.6) is 0 Å². The first-order valence-corrected chi connectivity index (χ1v) is 10.5. The maximum Gasteiger partial charge on any atom is 0.314 e. The quantitative estimate of drug-likeness (QED) is 0.439. The molecule has 2 aromatic carbocycles. The van der Waals surface area contributed by atoms with Gasteiger partial charge >= 0.3 is 6.43 Å². The van der Waals surface area contributed by atoms with E-state index in [1.54, 1.807) is 17.3 Å². The lowest BCUT2D eigenvalue weighted by atomic mass is 10.0. The first-order valence-electron chi connectivity index (χ1n) is 10.5. The van der Waals surface area contributed by atoms with Crippen LogP contribution in [0.15, 0.2) is 69.2 Å². The van der Waals surface area contributed by atoms with Crippen molar-refractivity contribution in [3.8, 4) is 11.5 Å². The zero-order valence-electron chi connectivity index (χ0n) is 18.3. The molecule has 0 radical (unpaired) electrons. The molecule has 0 saturated heterocycles. The highest BCUT2D eigenvalue weighted by atomic mass is 19.3. The fourth-order valence-electron chi connectivity index (χ4n) is 3.63. The molecule has 8 nitrogen and oxygen atoms in total. The third kappa shape index (κ3) is 4.26. The second-order valence-electron chi connectivity index (χ2n) is 7.64. The lowest BCUT2D eigenvalue weighted by Gasteiger charge is -2.16. The topological polar surface area (TPSA) is 91.8 Å². The molecule has 0 bridgehead atoms. The lowest BCUT2D eigenvalue weighted by Crippen LogP contribution is -2.16. The monoisotopic (exact) mass is 459 g/mol. The average Bonchev–Trinajstić information content (AvgIpc) is 3.34. The normalized spacial score (nSPS) is 13.1. The Labute approximate surface area is 193 Å². The van der Waals surface area contributed by atoms with E-state index in [0.717, 1.165) is 39.1 Å². The standard InChI is InChI=1S/C24H19F2N7O/c1-14-11-15(3-6-18(14)23-30-31-24(34-23)22(25)26)13-33-28-10-9-20(32-33)17-4-7-19-16(12-17)5-8-21(27-2)29-19/h3-9,11-12,22H,13H2,1-2H3,(H,27,29). The highest BCUT2D eigenvalue weighted by molar-refractivity contribution is 6.14. The van der Waals surface area contributed by atoms with Crippen LogP contribution in [-0.2, 0) is 6.54 Å². The van der Waals surface area contributed by atoms with E-state index in [2.05, 4.69) is 36.6 Å². The molecular formula is C24H19F2N7O. The summed E-state index contributed by atoms with van der Waals surface area (Å²) in [5.41, 5.74) is 4.88. The number of halogens is 2. The molecule has 2 aromatic heterocycles. The number of hydrogen-bond acceptors (Lipinski definition) is 8. The summed E-state index contributed by atoms with van der Waals surface area (Å²) in [5, 5.41) is 21.5. The minimum Gasteiger partial charge on any atom is -0.415 e. The lowest BCUT2D eigenvalue weighted by molar-refractivity contribution is 0.116. The van der Waals surface area contributed by atoms with Crippen LogP contribution in [0, 0.1) is 6.92 Å². The molecule has 0 unspecified atom stereocenters. The molecule has 0 aliphatic carbocycles. The number of hydrogen-bond donors (Lipinski definition) is 1. The molecule has 0 saturated carbocycles. The smallest absolute Gasteiger partial charge is 0.314 e. The number of nitrogens with one attached hydrogen (secondary N) is 1. The number of benzene rings is 2. The van der Waals surface area contributed by atoms with Gasteiger partial charge in [-0.15, -0.1) is 15.3 Å². The molecule has 1 aliphatic rings. The molecule has 0 fully saturated rings. The molecule has 0 atom stereocenters. The molecular weight excluding hydrogens is 440 g/mol. The molecule has 3 heterocycles. The molecule has 4 aromatic rings. The van der Waals surface area contributed by atoms with Crippen molar-refractivity contribution in [2.75, 3.05) is 12.4 Å². The summed E-state index contributed by atoms with van der Waals surface area (Å²) in [7, 11) is 1.83. The van der Waals surface area contributed by atoms with Gasteiger partial charge in [0.15, 0.2) is 0 Å². The number of anilines is 1. The van der Waals surface area contributed by atoms with Crippen molar-refractivity contribution < 1.29 is 13.2 Å². The summed E-state index contributed by atoms with van der Waals surface area (Å²) >= 11 is 0. The van der Waals surface area contributed by atoms with Gasteiger partial charge in [0, 0.05) is 35.5 Å². The van der Waals surface area contributed by atoms with Gasteiger partial charge in [0.1, 0.15) is 11.5 Å². The predicted octanol–water partition coefficient (Wildman–Crippen LogP) is 4.93. The Balaban J connectivity index is 1.36. The van der Waals surface area contributed by atoms with Gasteiger partial charge in [-0.3, -0.25) is 0 Å². The molecule has 0 spiro atoms. The molecule has 1 aliphatic heterocycles. The Bertz CT molecular complexity index is 1470. The molecule has 10 heteroatoms. The van der Waals surface area contributed by atoms with Crippen LogP contribution in [0.3, 0.4) is 0 Å². The minimum absolute atomic E-state index is 0.0613. The minimum atomic E-state index is -2.80. The zero-order chi connectivity index (χ0) is 23.7. The van der Waals surface area contributed by atoms with Crippen molar-refractivity contribution in [1.29, 1.82) is 0 Å². The van der Waals surface area contributed by atoms with Crippen LogP contribution in [0.4, 0.5) is 14.6 Å². The zero-order valence-corrected chi connectivity index (χ0v) is 18.3. The largest absolute Gasteiger partial charge is 0.415 e. The highest BCUT2D eigenvalue weighted by Gasteiger charge is 2.18. The number of nitrogens with zero attached hydrogens (tertiary/aromatic N) is 6. The SMILES string of the molecule is CNc1ccc2cc(C3=NN(Cc4ccc(-c5nnc(C(F)F)o5)c(C)c4)N=C=C3)ccc2n1. The third-order valence-electron chi connectivity index (χ3n) is 5.31. The van der Waals surface area contributed by atoms with Crippen molar-refractivity contribution >= 4 is 28.3 Å². The van der Waals surface area contributed by atoms with E-state index < -0.39 is 12.3 Å². The van der Waals surface area contributed by atoms with Gasteiger partial charge in [-0.2, -0.15) is 19.0 Å². The maximum atomic E-state index is 12.7. The van der Waals surface area contributed by atoms with Gasteiger partial charge in [0.2, 0.25) is 5.89 Å². The number of fused-ring (bicyclic) bond motifs is 1. The summed E-state index contributed by atoms with van der Waals surface area (Å²) in [6.45, 7) is 2.25. The Hall–Kier alpha value is -4.43. The number of aromatic nitrogens is 3. The fourth-order valence-corrected chi connectivity index (χ4v) is 3.63. The van der Waals surface area contributed by atoms with Crippen LogP contribution in [0.25, 0.3) is 22.4 Å². The third-order valence-corrected chi connectivity index (χ3v) is 5.31.